The molecule has 136 valence electrons. The van der Waals surface area contributed by atoms with E-state index in [2.05, 4.69) is 22.9 Å². The van der Waals surface area contributed by atoms with Crippen LogP contribution in [0.4, 0.5) is 0 Å². The highest BCUT2D eigenvalue weighted by atomic mass is 35.5. The minimum Gasteiger partial charge on any atom is -0.345 e. The fraction of sp³-hybridized carbons (Fsp3) is 0.333. The molecule has 0 atom stereocenters. The molecule has 0 bridgehead atoms. The van der Waals surface area contributed by atoms with Crippen LogP contribution in [0.15, 0.2) is 48.5 Å². The molecule has 2 aromatic carbocycles. The Morgan fingerprint density at radius 3 is 2.62 bits per heavy atom. The Labute approximate surface area is 159 Å². The summed E-state index contributed by atoms with van der Waals surface area (Å²) in [7, 11) is 0. The number of fused-ring (bicyclic) bond motifs is 1. The van der Waals surface area contributed by atoms with E-state index in [0.29, 0.717) is 17.1 Å². The summed E-state index contributed by atoms with van der Waals surface area (Å²) in [6, 6.07) is 15.0. The fourth-order valence-corrected chi connectivity index (χ4v) is 3.20. The molecule has 4 nitrogen and oxygen atoms in total. The third-order valence-electron chi connectivity index (χ3n) is 4.48. The summed E-state index contributed by atoms with van der Waals surface area (Å²) in [4.78, 5) is 17.1. The van der Waals surface area contributed by atoms with Crippen LogP contribution in [0.3, 0.4) is 0 Å². The van der Waals surface area contributed by atoms with Gasteiger partial charge in [-0.2, -0.15) is 0 Å². The molecular formula is C21H24ClN3O. The van der Waals surface area contributed by atoms with Crippen LogP contribution >= 0.6 is 11.6 Å². The Hall–Kier alpha value is -2.33. The molecule has 1 aromatic heterocycles. The van der Waals surface area contributed by atoms with Gasteiger partial charge in [0.2, 0.25) is 0 Å². The molecule has 3 rings (SSSR count). The van der Waals surface area contributed by atoms with Crippen molar-refractivity contribution >= 4 is 28.5 Å². The van der Waals surface area contributed by atoms with Crippen molar-refractivity contribution in [3.63, 3.8) is 0 Å². The fourth-order valence-electron chi connectivity index (χ4n) is 3.07. The highest BCUT2D eigenvalue weighted by Crippen LogP contribution is 2.18. The van der Waals surface area contributed by atoms with Crippen molar-refractivity contribution in [1.82, 2.24) is 14.9 Å². The number of rotatable bonds is 8. The summed E-state index contributed by atoms with van der Waals surface area (Å²) in [5.41, 5.74) is 2.69. The van der Waals surface area contributed by atoms with E-state index in [9.17, 15) is 4.79 Å². The van der Waals surface area contributed by atoms with Gasteiger partial charge in [-0.3, -0.25) is 4.79 Å². The summed E-state index contributed by atoms with van der Waals surface area (Å²) in [5.74, 6) is 0.774. The third kappa shape index (κ3) is 4.44. The lowest BCUT2D eigenvalue weighted by Crippen LogP contribution is -2.24. The van der Waals surface area contributed by atoms with Gasteiger partial charge in [0.25, 0.3) is 5.91 Å². The molecule has 1 amide bonds. The van der Waals surface area contributed by atoms with Gasteiger partial charge in [-0.25, -0.2) is 4.98 Å². The Bertz CT molecular complexity index is 871. The molecule has 0 aliphatic carbocycles. The van der Waals surface area contributed by atoms with Crippen LogP contribution in [0.5, 0.6) is 0 Å². The summed E-state index contributed by atoms with van der Waals surface area (Å²) < 4.78 is 2.23. The minimum atomic E-state index is -0.119. The number of carbonyl (C=O) groups excluding carboxylic acids is 1. The van der Waals surface area contributed by atoms with E-state index < -0.39 is 0 Å². The van der Waals surface area contributed by atoms with Gasteiger partial charge in [0.15, 0.2) is 0 Å². The van der Waals surface area contributed by atoms with Crippen molar-refractivity contribution in [1.29, 1.82) is 0 Å². The standard InChI is InChI=1S/C21H24ClN3O/c1-2-3-4-7-14-25-19-9-6-5-8-18(19)24-20(25)15-23-21(26)16-10-12-17(22)13-11-16/h5-6,8-13H,2-4,7,14-15H2,1H3,(H,23,26). The molecule has 1 heterocycles. The van der Waals surface area contributed by atoms with Crippen LogP contribution in [0.1, 0.15) is 48.8 Å². The monoisotopic (exact) mass is 369 g/mol. The summed E-state index contributed by atoms with van der Waals surface area (Å²) >= 11 is 5.88. The number of imidazole rings is 1. The van der Waals surface area contributed by atoms with E-state index in [1.165, 1.54) is 19.3 Å². The van der Waals surface area contributed by atoms with Crippen molar-refractivity contribution in [3.8, 4) is 0 Å². The van der Waals surface area contributed by atoms with Crippen LogP contribution in [0, 0.1) is 0 Å². The lowest BCUT2D eigenvalue weighted by Gasteiger charge is -2.10. The van der Waals surface area contributed by atoms with E-state index in [1.807, 2.05) is 18.2 Å². The number of halogens is 1. The number of nitrogens with one attached hydrogen (secondary N) is 1. The molecule has 0 radical (unpaired) electrons. The van der Waals surface area contributed by atoms with Crippen LogP contribution in [-0.4, -0.2) is 15.5 Å². The molecule has 0 unspecified atom stereocenters. The van der Waals surface area contributed by atoms with E-state index in [1.54, 1.807) is 24.3 Å². The number of amides is 1. The number of nitrogens with zero attached hydrogens (tertiary/aromatic N) is 2. The molecule has 26 heavy (non-hydrogen) atoms. The SMILES string of the molecule is CCCCCCn1c(CNC(=O)c2ccc(Cl)cc2)nc2ccccc21. The second kappa shape index (κ2) is 8.86. The number of hydrogen-bond acceptors (Lipinski definition) is 2. The van der Waals surface area contributed by atoms with E-state index in [4.69, 9.17) is 16.6 Å². The third-order valence-corrected chi connectivity index (χ3v) is 4.73. The minimum absolute atomic E-state index is 0.119. The Morgan fingerprint density at radius 1 is 1.08 bits per heavy atom. The van der Waals surface area contributed by atoms with Crippen LogP contribution in [0.25, 0.3) is 11.0 Å². The summed E-state index contributed by atoms with van der Waals surface area (Å²) in [5, 5.41) is 3.59. The first-order valence-corrected chi connectivity index (χ1v) is 9.54. The first-order chi connectivity index (χ1) is 12.7. The van der Waals surface area contributed by atoms with Crippen molar-refractivity contribution in [2.24, 2.45) is 0 Å². The zero-order valence-corrected chi connectivity index (χ0v) is 15.8. The lowest BCUT2D eigenvalue weighted by molar-refractivity contribution is 0.0949. The largest absolute Gasteiger partial charge is 0.345 e. The van der Waals surface area contributed by atoms with E-state index >= 15 is 0 Å². The van der Waals surface area contributed by atoms with Gasteiger partial charge < -0.3 is 9.88 Å². The molecule has 0 spiro atoms. The van der Waals surface area contributed by atoms with E-state index in [0.717, 1.165) is 29.8 Å². The predicted molar refractivity (Wildman–Crippen MR) is 106 cm³/mol. The number of benzene rings is 2. The zero-order chi connectivity index (χ0) is 18.4. The molecule has 5 heteroatoms. The van der Waals surface area contributed by atoms with Gasteiger partial charge in [-0.1, -0.05) is 49.9 Å². The molecule has 0 saturated heterocycles. The molecule has 0 aliphatic heterocycles. The molecule has 1 N–H and O–H groups in total. The van der Waals surface area contributed by atoms with Crippen molar-refractivity contribution in [3.05, 3.63) is 64.9 Å². The number of para-hydroxylation sites is 2. The molecule has 0 saturated carbocycles. The first kappa shape index (κ1) is 18.5. The Balaban J connectivity index is 1.73. The Morgan fingerprint density at radius 2 is 1.85 bits per heavy atom. The summed E-state index contributed by atoms with van der Waals surface area (Å²) in [6.45, 7) is 3.54. The van der Waals surface area contributed by atoms with Crippen LogP contribution in [-0.2, 0) is 13.1 Å². The quantitative estimate of drug-likeness (QED) is 0.555. The number of hydrogen-bond donors (Lipinski definition) is 1. The molecule has 0 fully saturated rings. The first-order valence-electron chi connectivity index (χ1n) is 9.17. The predicted octanol–water partition coefficient (Wildman–Crippen LogP) is 5.20. The number of carbonyl (C=O) groups is 1. The van der Waals surface area contributed by atoms with Crippen molar-refractivity contribution in [2.45, 2.75) is 45.7 Å². The molecule has 3 aromatic rings. The number of unbranched alkanes of at least 4 members (excludes halogenated alkanes) is 3. The maximum absolute atomic E-state index is 12.4. The van der Waals surface area contributed by atoms with Gasteiger partial charge in [0.05, 0.1) is 17.6 Å². The van der Waals surface area contributed by atoms with Gasteiger partial charge >= 0.3 is 0 Å². The second-order valence-electron chi connectivity index (χ2n) is 6.42. The van der Waals surface area contributed by atoms with Crippen LogP contribution in [0.2, 0.25) is 5.02 Å². The zero-order valence-electron chi connectivity index (χ0n) is 15.0. The number of aryl methyl sites for hydroxylation is 1. The van der Waals surface area contributed by atoms with Gasteiger partial charge in [-0.05, 0) is 42.8 Å². The van der Waals surface area contributed by atoms with Crippen LogP contribution < -0.4 is 5.32 Å². The summed E-state index contributed by atoms with van der Waals surface area (Å²) in [6.07, 6.45) is 4.79. The second-order valence-corrected chi connectivity index (χ2v) is 6.86. The van der Waals surface area contributed by atoms with Gasteiger partial charge in [-0.15, -0.1) is 0 Å². The van der Waals surface area contributed by atoms with Gasteiger partial charge in [0.1, 0.15) is 5.82 Å². The topological polar surface area (TPSA) is 46.9 Å². The smallest absolute Gasteiger partial charge is 0.251 e. The van der Waals surface area contributed by atoms with Crippen molar-refractivity contribution < 1.29 is 4.79 Å². The highest BCUT2D eigenvalue weighted by molar-refractivity contribution is 6.30. The maximum Gasteiger partial charge on any atom is 0.251 e. The van der Waals surface area contributed by atoms with Crippen molar-refractivity contribution in [2.75, 3.05) is 0 Å². The average molecular weight is 370 g/mol. The normalized spacial score (nSPS) is 11.0. The maximum atomic E-state index is 12.4. The molecular weight excluding hydrogens is 346 g/mol. The number of aromatic nitrogens is 2. The average Bonchev–Trinajstić information content (AvgIpc) is 3.01. The lowest BCUT2D eigenvalue weighted by atomic mass is 10.2. The highest BCUT2D eigenvalue weighted by Gasteiger charge is 2.12. The van der Waals surface area contributed by atoms with E-state index in [-0.39, 0.29) is 5.91 Å². The Kier molecular flexibility index (Phi) is 6.29. The molecule has 0 aliphatic rings. The van der Waals surface area contributed by atoms with Gasteiger partial charge in [0, 0.05) is 17.1 Å².